The summed E-state index contributed by atoms with van der Waals surface area (Å²) in [6, 6.07) is 16.6. The zero-order chi connectivity index (χ0) is 19.5. The average molecular weight is 380 g/mol. The standard InChI is InChI=1S/C21H18F2N4O/c22-16-6-7-17(18(23)14-16)21(28)27-12-10-26(11-13-27)20-9-8-19(24-25-20)15-4-2-1-3-5-15/h1-9,14H,10-13H2. The van der Waals surface area contributed by atoms with E-state index in [4.69, 9.17) is 0 Å². The summed E-state index contributed by atoms with van der Waals surface area (Å²) in [5.74, 6) is -1.23. The van der Waals surface area contributed by atoms with Crippen molar-refractivity contribution in [3.8, 4) is 11.3 Å². The van der Waals surface area contributed by atoms with Crippen molar-refractivity contribution in [2.24, 2.45) is 0 Å². The number of rotatable bonds is 3. The molecule has 0 N–H and O–H groups in total. The molecule has 0 bridgehead atoms. The molecule has 3 aromatic rings. The lowest BCUT2D eigenvalue weighted by Crippen LogP contribution is -2.49. The molecule has 1 aliphatic rings. The van der Waals surface area contributed by atoms with Gasteiger partial charge in [-0.05, 0) is 24.3 Å². The monoisotopic (exact) mass is 380 g/mol. The molecule has 0 spiro atoms. The van der Waals surface area contributed by atoms with Gasteiger partial charge in [0.05, 0.1) is 11.3 Å². The number of carbonyl (C=O) groups excluding carboxylic acids is 1. The Morgan fingerprint density at radius 1 is 0.857 bits per heavy atom. The number of nitrogens with zero attached hydrogens (tertiary/aromatic N) is 4. The summed E-state index contributed by atoms with van der Waals surface area (Å²) in [7, 11) is 0. The molecule has 2 aromatic carbocycles. The molecule has 2 heterocycles. The first-order valence-electron chi connectivity index (χ1n) is 9.00. The number of amides is 1. The van der Waals surface area contributed by atoms with Crippen molar-refractivity contribution in [1.29, 1.82) is 0 Å². The van der Waals surface area contributed by atoms with Gasteiger partial charge in [0, 0.05) is 37.8 Å². The van der Waals surface area contributed by atoms with Gasteiger partial charge >= 0.3 is 0 Å². The Hall–Kier alpha value is -3.35. The number of hydrogen-bond acceptors (Lipinski definition) is 4. The van der Waals surface area contributed by atoms with Gasteiger partial charge in [0.2, 0.25) is 0 Å². The van der Waals surface area contributed by atoms with Crippen LogP contribution in [0.4, 0.5) is 14.6 Å². The van der Waals surface area contributed by atoms with Crippen molar-refractivity contribution < 1.29 is 13.6 Å². The molecule has 5 nitrogen and oxygen atoms in total. The minimum Gasteiger partial charge on any atom is -0.352 e. The summed E-state index contributed by atoms with van der Waals surface area (Å²) < 4.78 is 26.9. The van der Waals surface area contributed by atoms with Crippen molar-refractivity contribution in [2.45, 2.75) is 0 Å². The molecule has 4 rings (SSSR count). The van der Waals surface area contributed by atoms with Crippen LogP contribution in [0.25, 0.3) is 11.3 Å². The first-order chi connectivity index (χ1) is 13.6. The molecule has 28 heavy (non-hydrogen) atoms. The molecular weight excluding hydrogens is 362 g/mol. The van der Waals surface area contributed by atoms with Gasteiger partial charge in [-0.1, -0.05) is 30.3 Å². The third-order valence-corrected chi connectivity index (χ3v) is 4.77. The lowest BCUT2D eigenvalue weighted by atomic mass is 10.1. The van der Waals surface area contributed by atoms with Crippen molar-refractivity contribution >= 4 is 11.7 Å². The maximum atomic E-state index is 13.9. The van der Waals surface area contributed by atoms with Crippen molar-refractivity contribution in [3.63, 3.8) is 0 Å². The van der Waals surface area contributed by atoms with Gasteiger partial charge in [0.15, 0.2) is 5.82 Å². The number of hydrogen-bond donors (Lipinski definition) is 0. The molecule has 142 valence electrons. The second-order valence-electron chi connectivity index (χ2n) is 6.55. The van der Waals surface area contributed by atoms with Crippen LogP contribution >= 0.6 is 0 Å². The molecule has 1 amide bonds. The average Bonchev–Trinajstić information content (AvgIpc) is 2.74. The van der Waals surface area contributed by atoms with E-state index in [9.17, 15) is 13.6 Å². The zero-order valence-corrected chi connectivity index (χ0v) is 15.1. The topological polar surface area (TPSA) is 49.3 Å². The van der Waals surface area contributed by atoms with Gasteiger partial charge in [-0.3, -0.25) is 4.79 Å². The van der Waals surface area contributed by atoms with Crippen LogP contribution in [-0.4, -0.2) is 47.2 Å². The number of aromatic nitrogens is 2. The van der Waals surface area contributed by atoms with Crippen LogP contribution in [0, 0.1) is 11.6 Å². The van der Waals surface area contributed by atoms with E-state index in [-0.39, 0.29) is 5.56 Å². The van der Waals surface area contributed by atoms with E-state index < -0.39 is 17.5 Å². The van der Waals surface area contributed by atoms with E-state index in [1.807, 2.05) is 47.4 Å². The minimum atomic E-state index is -0.838. The van der Waals surface area contributed by atoms with Gasteiger partial charge in [-0.15, -0.1) is 10.2 Å². The Kier molecular flexibility index (Phi) is 4.97. The molecule has 1 aromatic heterocycles. The fraction of sp³-hybridized carbons (Fsp3) is 0.190. The third-order valence-electron chi connectivity index (χ3n) is 4.77. The van der Waals surface area contributed by atoms with Crippen LogP contribution in [0.2, 0.25) is 0 Å². The van der Waals surface area contributed by atoms with E-state index in [2.05, 4.69) is 10.2 Å². The van der Waals surface area contributed by atoms with E-state index in [1.54, 1.807) is 4.90 Å². The molecule has 0 aliphatic carbocycles. The molecule has 0 saturated carbocycles. The Labute approximate surface area is 161 Å². The van der Waals surface area contributed by atoms with E-state index in [1.165, 1.54) is 6.07 Å². The fourth-order valence-corrected chi connectivity index (χ4v) is 3.23. The fourth-order valence-electron chi connectivity index (χ4n) is 3.23. The normalized spacial score (nSPS) is 14.2. The zero-order valence-electron chi connectivity index (χ0n) is 15.1. The number of anilines is 1. The Balaban J connectivity index is 1.40. The van der Waals surface area contributed by atoms with Crippen LogP contribution in [0.5, 0.6) is 0 Å². The summed E-state index contributed by atoms with van der Waals surface area (Å²) in [6.07, 6.45) is 0. The van der Waals surface area contributed by atoms with Crippen molar-refractivity contribution in [1.82, 2.24) is 15.1 Å². The van der Waals surface area contributed by atoms with Crippen LogP contribution in [-0.2, 0) is 0 Å². The van der Waals surface area contributed by atoms with Gasteiger partial charge in [0.25, 0.3) is 5.91 Å². The van der Waals surface area contributed by atoms with Crippen molar-refractivity contribution in [2.75, 3.05) is 31.1 Å². The molecule has 1 saturated heterocycles. The summed E-state index contributed by atoms with van der Waals surface area (Å²) in [5.41, 5.74) is 1.69. The van der Waals surface area contributed by atoms with Crippen molar-refractivity contribution in [3.05, 3.63) is 77.9 Å². The Morgan fingerprint density at radius 3 is 2.25 bits per heavy atom. The minimum absolute atomic E-state index is 0.109. The predicted octanol–water partition coefficient (Wildman–Crippen LogP) is 3.38. The lowest BCUT2D eigenvalue weighted by molar-refractivity contribution is 0.0741. The smallest absolute Gasteiger partial charge is 0.256 e. The largest absolute Gasteiger partial charge is 0.352 e. The highest BCUT2D eigenvalue weighted by Gasteiger charge is 2.25. The van der Waals surface area contributed by atoms with Crippen LogP contribution in [0.1, 0.15) is 10.4 Å². The quantitative estimate of drug-likeness (QED) is 0.699. The first-order valence-corrected chi connectivity index (χ1v) is 9.00. The van der Waals surface area contributed by atoms with E-state index in [0.717, 1.165) is 29.2 Å². The molecular formula is C21H18F2N4O. The number of benzene rings is 2. The summed E-state index contributed by atoms with van der Waals surface area (Å²) in [5, 5.41) is 8.59. The first kappa shape index (κ1) is 18.0. The molecule has 0 radical (unpaired) electrons. The molecule has 0 atom stereocenters. The number of carbonyl (C=O) groups is 1. The number of halogens is 2. The molecule has 1 aliphatic heterocycles. The SMILES string of the molecule is O=C(c1ccc(F)cc1F)N1CCN(c2ccc(-c3ccccc3)nn2)CC1. The maximum Gasteiger partial charge on any atom is 0.256 e. The maximum absolute atomic E-state index is 13.9. The Morgan fingerprint density at radius 2 is 1.61 bits per heavy atom. The highest BCUT2D eigenvalue weighted by molar-refractivity contribution is 5.94. The van der Waals surface area contributed by atoms with Gasteiger partial charge in [-0.2, -0.15) is 0 Å². The van der Waals surface area contributed by atoms with Gasteiger partial charge in [-0.25, -0.2) is 8.78 Å². The van der Waals surface area contributed by atoms with Crippen LogP contribution in [0.15, 0.2) is 60.7 Å². The lowest BCUT2D eigenvalue weighted by Gasteiger charge is -2.35. The van der Waals surface area contributed by atoms with Gasteiger partial charge in [0.1, 0.15) is 11.6 Å². The highest BCUT2D eigenvalue weighted by atomic mass is 19.1. The second kappa shape index (κ2) is 7.72. The van der Waals surface area contributed by atoms with E-state index in [0.29, 0.717) is 26.2 Å². The van der Waals surface area contributed by atoms with E-state index >= 15 is 0 Å². The van der Waals surface area contributed by atoms with Crippen LogP contribution < -0.4 is 4.90 Å². The summed E-state index contributed by atoms with van der Waals surface area (Å²) in [6.45, 7) is 1.98. The third kappa shape index (κ3) is 3.69. The van der Waals surface area contributed by atoms with Crippen LogP contribution in [0.3, 0.4) is 0 Å². The molecule has 0 unspecified atom stereocenters. The summed E-state index contributed by atoms with van der Waals surface area (Å²) in [4.78, 5) is 16.1. The second-order valence-corrected chi connectivity index (χ2v) is 6.55. The predicted molar refractivity (Wildman–Crippen MR) is 102 cm³/mol. The van der Waals surface area contributed by atoms with Gasteiger partial charge < -0.3 is 9.80 Å². The number of piperazine rings is 1. The highest BCUT2D eigenvalue weighted by Crippen LogP contribution is 2.20. The summed E-state index contributed by atoms with van der Waals surface area (Å²) >= 11 is 0. The molecule has 1 fully saturated rings. The molecule has 7 heteroatoms. The Bertz CT molecular complexity index is 971.